The maximum absolute atomic E-state index is 12.1. The van der Waals surface area contributed by atoms with E-state index in [9.17, 15) is 4.79 Å². The first-order valence-corrected chi connectivity index (χ1v) is 7.57. The summed E-state index contributed by atoms with van der Waals surface area (Å²) in [4.78, 5) is 14.2. The molecule has 0 spiro atoms. The molecule has 1 aromatic heterocycles. The average Bonchev–Trinajstić information content (AvgIpc) is 2.91. The van der Waals surface area contributed by atoms with Gasteiger partial charge in [0, 0.05) is 25.0 Å². The van der Waals surface area contributed by atoms with E-state index in [1.54, 1.807) is 0 Å². The Morgan fingerprint density at radius 3 is 3.25 bits per heavy atom. The van der Waals surface area contributed by atoms with E-state index in [-0.39, 0.29) is 12.0 Å². The Hall–Kier alpha value is -1.66. The summed E-state index contributed by atoms with van der Waals surface area (Å²) in [6.45, 7) is 4.51. The average molecular weight is 291 g/mol. The lowest BCUT2D eigenvalue weighted by atomic mass is 10.1. The number of carbonyl (C=O) groups excluding carboxylic acids is 1. The number of nitrogens with zero attached hydrogens (tertiary/aromatic N) is 2. The molecule has 106 valence electrons. The number of piperazine rings is 1. The van der Waals surface area contributed by atoms with Crippen LogP contribution in [0.5, 0.6) is 0 Å². The summed E-state index contributed by atoms with van der Waals surface area (Å²) in [6, 6.07) is 7.76. The second-order valence-electron chi connectivity index (χ2n) is 4.67. The zero-order valence-electron chi connectivity index (χ0n) is 11.3. The molecule has 1 aromatic carbocycles. The predicted octanol–water partition coefficient (Wildman–Crippen LogP) is 1.64. The zero-order chi connectivity index (χ0) is 13.9. The van der Waals surface area contributed by atoms with Crippen molar-refractivity contribution in [2.75, 3.05) is 31.1 Å². The van der Waals surface area contributed by atoms with Gasteiger partial charge in [-0.25, -0.2) is 4.79 Å². The zero-order valence-corrected chi connectivity index (χ0v) is 12.2. The Bertz CT molecular complexity index is 613. The lowest BCUT2D eigenvalue weighted by molar-refractivity contribution is -0.144. The number of fused-ring (bicyclic) bond motifs is 1. The van der Waals surface area contributed by atoms with Crippen molar-refractivity contribution >= 4 is 33.4 Å². The van der Waals surface area contributed by atoms with Gasteiger partial charge in [-0.2, -0.15) is 4.37 Å². The van der Waals surface area contributed by atoms with Gasteiger partial charge in [-0.3, -0.25) is 0 Å². The minimum Gasteiger partial charge on any atom is -0.464 e. The van der Waals surface area contributed by atoms with Crippen LogP contribution < -0.4 is 10.2 Å². The van der Waals surface area contributed by atoms with Crippen LogP contribution in [0.2, 0.25) is 0 Å². The number of anilines is 1. The maximum Gasteiger partial charge on any atom is 0.330 e. The number of hydrogen-bond acceptors (Lipinski definition) is 6. The van der Waals surface area contributed by atoms with Crippen LogP contribution in [0.15, 0.2) is 24.3 Å². The Morgan fingerprint density at radius 2 is 2.40 bits per heavy atom. The molecule has 0 bridgehead atoms. The molecule has 1 aliphatic heterocycles. The third-order valence-electron chi connectivity index (χ3n) is 3.43. The molecule has 1 saturated heterocycles. The summed E-state index contributed by atoms with van der Waals surface area (Å²) in [5.41, 5.74) is 0.980. The summed E-state index contributed by atoms with van der Waals surface area (Å²) in [5.74, 6) is -0.169. The van der Waals surface area contributed by atoms with Crippen LogP contribution in [0, 0.1) is 0 Å². The van der Waals surface area contributed by atoms with Crippen LogP contribution in [0.25, 0.3) is 10.9 Å². The number of benzene rings is 1. The van der Waals surface area contributed by atoms with Crippen LogP contribution in [-0.2, 0) is 9.53 Å². The van der Waals surface area contributed by atoms with Crippen molar-refractivity contribution < 1.29 is 9.53 Å². The topological polar surface area (TPSA) is 54.5 Å². The minimum absolute atomic E-state index is 0.169. The van der Waals surface area contributed by atoms with Gasteiger partial charge in [0.2, 0.25) is 0 Å². The standard InChI is InChI=1S/C14H17N3O2S/c1-2-19-14(18)12-9-15-7-8-17(12)13-10-5-3-4-6-11(10)16-20-13/h3-6,12,15H,2,7-9H2,1H3. The molecule has 1 unspecified atom stereocenters. The van der Waals surface area contributed by atoms with Gasteiger partial charge < -0.3 is 15.0 Å². The van der Waals surface area contributed by atoms with Crippen molar-refractivity contribution in [1.29, 1.82) is 0 Å². The fraction of sp³-hybridized carbons (Fsp3) is 0.429. The normalized spacial score (nSPS) is 19.2. The Labute approximate surface area is 121 Å². The van der Waals surface area contributed by atoms with Gasteiger partial charge >= 0.3 is 5.97 Å². The predicted molar refractivity (Wildman–Crippen MR) is 80.3 cm³/mol. The highest BCUT2D eigenvalue weighted by atomic mass is 32.1. The molecule has 5 nitrogen and oxygen atoms in total. The summed E-state index contributed by atoms with van der Waals surface area (Å²) in [5, 5.41) is 5.42. The van der Waals surface area contributed by atoms with Gasteiger partial charge in [-0.1, -0.05) is 12.1 Å². The highest BCUT2D eigenvalue weighted by Crippen LogP contribution is 2.32. The van der Waals surface area contributed by atoms with Gasteiger partial charge in [0.05, 0.1) is 12.1 Å². The van der Waals surface area contributed by atoms with Gasteiger partial charge in [0.1, 0.15) is 11.0 Å². The van der Waals surface area contributed by atoms with Gasteiger partial charge in [0.25, 0.3) is 0 Å². The first-order valence-electron chi connectivity index (χ1n) is 6.79. The lowest BCUT2D eigenvalue weighted by Gasteiger charge is -2.35. The molecule has 3 rings (SSSR count). The largest absolute Gasteiger partial charge is 0.464 e. The van der Waals surface area contributed by atoms with E-state index in [1.807, 2.05) is 25.1 Å². The van der Waals surface area contributed by atoms with Crippen LogP contribution >= 0.6 is 11.5 Å². The molecule has 20 heavy (non-hydrogen) atoms. The highest BCUT2D eigenvalue weighted by Gasteiger charge is 2.31. The molecule has 0 amide bonds. The number of hydrogen-bond donors (Lipinski definition) is 1. The number of ether oxygens (including phenoxy) is 1. The molecule has 6 heteroatoms. The summed E-state index contributed by atoms with van der Waals surface area (Å²) >= 11 is 1.45. The van der Waals surface area contributed by atoms with Gasteiger partial charge in [-0.15, -0.1) is 0 Å². The van der Waals surface area contributed by atoms with E-state index in [0.29, 0.717) is 13.2 Å². The monoisotopic (exact) mass is 291 g/mol. The van der Waals surface area contributed by atoms with E-state index in [2.05, 4.69) is 20.7 Å². The minimum atomic E-state index is -0.271. The Morgan fingerprint density at radius 1 is 1.55 bits per heavy atom. The van der Waals surface area contributed by atoms with E-state index < -0.39 is 0 Å². The lowest BCUT2D eigenvalue weighted by Crippen LogP contribution is -2.55. The third kappa shape index (κ3) is 2.36. The van der Waals surface area contributed by atoms with E-state index >= 15 is 0 Å². The second-order valence-corrected chi connectivity index (χ2v) is 5.42. The molecule has 2 heterocycles. The molecule has 1 atom stereocenters. The van der Waals surface area contributed by atoms with Crippen molar-refractivity contribution in [3.8, 4) is 0 Å². The molecule has 0 aliphatic carbocycles. The fourth-order valence-electron chi connectivity index (χ4n) is 2.48. The molecule has 0 radical (unpaired) electrons. The Balaban J connectivity index is 1.95. The van der Waals surface area contributed by atoms with E-state index in [1.165, 1.54) is 11.5 Å². The molecule has 1 aliphatic rings. The summed E-state index contributed by atoms with van der Waals surface area (Å²) in [6.07, 6.45) is 0. The maximum atomic E-state index is 12.1. The van der Waals surface area contributed by atoms with Crippen molar-refractivity contribution in [3.63, 3.8) is 0 Å². The molecule has 2 aromatic rings. The highest BCUT2D eigenvalue weighted by molar-refractivity contribution is 7.11. The molecule has 1 N–H and O–H groups in total. The van der Waals surface area contributed by atoms with Crippen molar-refractivity contribution in [2.45, 2.75) is 13.0 Å². The van der Waals surface area contributed by atoms with E-state index in [0.717, 1.165) is 29.0 Å². The van der Waals surface area contributed by atoms with Crippen molar-refractivity contribution in [1.82, 2.24) is 9.69 Å². The molecular formula is C14H17N3O2S. The number of aromatic nitrogens is 1. The van der Waals surface area contributed by atoms with Crippen molar-refractivity contribution in [2.24, 2.45) is 0 Å². The number of carbonyl (C=O) groups is 1. The van der Waals surface area contributed by atoms with Crippen LogP contribution in [-0.4, -0.2) is 42.6 Å². The molecule has 1 fully saturated rings. The number of nitrogens with one attached hydrogen (secondary N) is 1. The van der Waals surface area contributed by atoms with Crippen LogP contribution in [0.4, 0.5) is 5.00 Å². The summed E-state index contributed by atoms with van der Waals surface area (Å²) in [7, 11) is 0. The summed E-state index contributed by atoms with van der Waals surface area (Å²) < 4.78 is 9.65. The van der Waals surface area contributed by atoms with Gasteiger partial charge in [-0.05, 0) is 30.6 Å². The number of rotatable bonds is 3. The fourth-order valence-corrected chi connectivity index (χ4v) is 3.42. The second kappa shape index (κ2) is 5.76. The molecular weight excluding hydrogens is 274 g/mol. The first-order chi connectivity index (χ1) is 9.81. The SMILES string of the molecule is CCOC(=O)C1CNCCN1c1snc2ccccc12. The number of esters is 1. The van der Waals surface area contributed by atoms with E-state index in [4.69, 9.17) is 4.74 Å². The third-order valence-corrected chi connectivity index (χ3v) is 4.34. The molecule has 0 saturated carbocycles. The van der Waals surface area contributed by atoms with Crippen molar-refractivity contribution in [3.05, 3.63) is 24.3 Å². The Kier molecular flexibility index (Phi) is 3.84. The van der Waals surface area contributed by atoms with Crippen LogP contribution in [0.1, 0.15) is 6.92 Å². The van der Waals surface area contributed by atoms with Gasteiger partial charge in [0.15, 0.2) is 0 Å². The smallest absolute Gasteiger partial charge is 0.330 e. The van der Waals surface area contributed by atoms with Crippen LogP contribution in [0.3, 0.4) is 0 Å². The quantitative estimate of drug-likeness (QED) is 0.871. The first kappa shape index (κ1) is 13.3.